The number of anilines is 1. The van der Waals surface area contributed by atoms with Crippen LogP contribution in [-0.2, 0) is 9.59 Å². The zero-order chi connectivity index (χ0) is 19.1. The van der Waals surface area contributed by atoms with Gasteiger partial charge in [0.2, 0.25) is 5.91 Å². The minimum Gasteiger partial charge on any atom is -0.378 e. The van der Waals surface area contributed by atoms with Gasteiger partial charge in [0.1, 0.15) is 6.04 Å². The van der Waals surface area contributed by atoms with E-state index in [1.54, 1.807) is 43.5 Å². The van der Waals surface area contributed by atoms with Crippen molar-refractivity contribution in [1.29, 1.82) is 0 Å². The van der Waals surface area contributed by atoms with Gasteiger partial charge in [-0.3, -0.25) is 9.59 Å². The quantitative estimate of drug-likeness (QED) is 0.661. The fourth-order valence-corrected chi connectivity index (χ4v) is 3.67. The normalized spacial score (nSPS) is 13.3. The summed E-state index contributed by atoms with van der Waals surface area (Å²) >= 11 is 1.45. The predicted molar refractivity (Wildman–Crippen MR) is 103 cm³/mol. The third-order valence-corrected chi connectivity index (χ3v) is 5.33. The van der Waals surface area contributed by atoms with Gasteiger partial charge in [0, 0.05) is 11.1 Å². The number of aromatic nitrogens is 1. The van der Waals surface area contributed by atoms with Gasteiger partial charge in [-0.2, -0.15) is 0 Å². The first-order chi connectivity index (χ1) is 12.5. The molecule has 0 saturated carbocycles. The summed E-state index contributed by atoms with van der Waals surface area (Å²) < 4.78 is 0. The molecule has 0 bridgehead atoms. The third-order valence-electron chi connectivity index (χ3n) is 4.26. The number of nitrogens with zero attached hydrogens (tertiary/aromatic N) is 1. The van der Waals surface area contributed by atoms with Gasteiger partial charge in [-0.1, -0.05) is 44.2 Å². The number of carbonyl (C=O) groups excluding carboxylic acids is 2. The molecule has 0 saturated heterocycles. The maximum atomic E-state index is 12.3. The van der Waals surface area contributed by atoms with Crippen LogP contribution in [0.2, 0.25) is 0 Å². The van der Waals surface area contributed by atoms with Crippen LogP contribution in [-0.4, -0.2) is 27.9 Å². The number of carbonyl (C=O) groups is 2. The Kier molecular flexibility index (Phi) is 7.29. The van der Waals surface area contributed by atoms with Gasteiger partial charge in [0.05, 0.1) is 0 Å². The Morgan fingerprint density at radius 3 is 2.42 bits per heavy atom. The molecular weight excluding hydrogens is 350 g/mol. The SMILES string of the molecule is CCC(CC)c1cnc(NC(=O)[C@H](C)NC(=O)[C@@H](O)c2ccccc2)s1. The lowest BCUT2D eigenvalue weighted by Crippen LogP contribution is -2.43. The van der Waals surface area contributed by atoms with E-state index < -0.39 is 18.1 Å². The Morgan fingerprint density at radius 2 is 1.81 bits per heavy atom. The van der Waals surface area contributed by atoms with Crippen LogP contribution in [0, 0.1) is 0 Å². The van der Waals surface area contributed by atoms with Gasteiger partial charge in [-0.25, -0.2) is 4.98 Å². The Balaban J connectivity index is 1.92. The van der Waals surface area contributed by atoms with Crippen molar-refractivity contribution in [3.8, 4) is 0 Å². The van der Waals surface area contributed by atoms with Crippen LogP contribution in [0.1, 0.15) is 56.1 Å². The van der Waals surface area contributed by atoms with E-state index >= 15 is 0 Å². The van der Waals surface area contributed by atoms with Crippen LogP contribution in [0.3, 0.4) is 0 Å². The number of nitrogens with one attached hydrogen (secondary N) is 2. The van der Waals surface area contributed by atoms with Crippen molar-refractivity contribution < 1.29 is 14.7 Å². The van der Waals surface area contributed by atoms with Crippen molar-refractivity contribution in [2.75, 3.05) is 5.32 Å². The molecule has 7 heteroatoms. The molecule has 1 heterocycles. The lowest BCUT2D eigenvalue weighted by atomic mass is 10.0. The lowest BCUT2D eigenvalue weighted by molar-refractivity contribution is -0.132. The molecule has 0 spiro atoms. The van der Waals surface area contributed by atoms with Crippen molar-refractivity contribution in [2.45, 2.75) is 51.7 Å². The monoisotopic (exact) mass is 375 g/mol. The van der Waals surface area contributed by atoms with E-state index in [4.69, 9.17) is 0 Å². The summed E-state index contributed by atoms with van der Waals surface area (Å²) in [6, 6.07) is 7.80. The molecule has 3 N–H and O–H groups in total. The molecule has 2 amide bonds. The van der Waals surface area contributed by atoms with Crippen molar-refractivity contribution in [1.82, 2.24) is 10.3 Å². The van der Waals surface area contributed by atoms with Gasteiger partial charge in [-0.05, 0) is 31.2 Å². The maximum Gasteiger partial charge on any atom is 0.254 e. The number of hydrogen-bond donors (Lipinski definition) is 3. The topological polar surface area (TPSA) is 91.3 Å². The minimum absolute atomic E-state index is 0.371. The highest BCUT2D eigenvalue weighted by Crippen LogP contribution is 2.30. The van der Waals surface area contributed by atoms with E-state index in [2.05, 4.69) is 29.5 Å². The first kappa shape index (κ1) is 20.1. The van der Waals surface area contributed by atoms with Crippen molar-refractivity contribution in [3.05, 3.63) is 47.0 Å². The van der Waals surface area contributed by atoms with E-state index in [0.29, 0.717) is 16.6 Å². The molecule has 26 heavy (non-hydrogen) atoms. The molecular formula is C19H25N3O3S. The van der Waals surface area contributed by atoms with Gasteiger partial charge in [0.15, 0.2) is 11.2 Å². The summed E-state index contributed by atoms with van der Waals surface area (Å²) in [5.74, 6) is -0.545. The van der Waals surface area contributed by atoms with Gasteiger partial charge >= 0.3 is 0 Å². The summed E-state index contributed by atoms with van der Waals surface area (Å²) in [5.41, 5.74) is 0.479. The fourth-order valence-electron chi connectivity index (χ4n) is 2.58. The molecule has 6 nitrogen and oxygen atoms in total. The molecule has 2 rings (SSSR count). The van der Waals surface area contributed by atoms with Gasteiger partial charge in [0.25, 0.3) is 5.91 Å². The second-order valence-corrected chi connectivity index (χ2v) is 7.18. The summed E-state index contributed by atoms with van der Waals surface area (Å²) in [4.78, 5) is 29.8. The molecule has 1 aromatic heterocycles. The number of amides is 2. The number of aliphatic hydroxyl groups is 1. The highest BCUT2D eigenvalue weighted by Gasteiger charge is 2.23. The minimum atomic E-state index is -1.31. The number of thiazole rings is 1. The summed E-state index contributed by atoms with van der Waals surface area (Å²) in [6.45, 7) is 5.82. The highest BCUT2D eigenvalue weighted by molar-refractivity contribution is 7.15. The van der Waals surface area contributed by atoms with Crippen LogP contribution < -0.4 is 10.6 Å². The highest BCUT2D eigenvalue weighted by atomic mass is 32.1. The molecule has 0 aliphatic heterocycles. The molecule has 1 aromatic carbocycles. The van der Waals surface area contributed by atoms with Crippen molar-refractivity contribution in [2.24, 2.45) is 0 Å². The second-order valence-electron chi connectivity index (χ2n) is 6.11. The van der Waals surface area contributed by atoms with Gasteiger partial charge < -0.3 is 15.7 Å². The second kappa shape index (κ2) is 9.45. The first-order valence-electron chi connectivity index (χ1n) is 8.76. The molecule has 140 valence electrons. The van der Waals surface area contributed by atoms with E-state index in [0.717, 1.165) is 17.7 Å². The summed E-state index contributed by atoms with van der Waals surface area (Å²) in [6.07, 6.45) is 2.53. The van der Waals surface area contributed by atoms with Gasteiger partial charge in [-0.15, -0.1) is 11.3 Å². The summed E-state index contributed by atoms with van der Waals surface area (Å²) in [7, 11) is 0. The van der Waals surface area contributed by atoms with Crippen molar-refractivity contribution >= 4 is 28.3 Å². The lowest BCUT2D eigenvalue weighted by Gasteiger charge is -2.16. The summed E-state index contributed by atoms with van der Waals surface area (Å²) in [5, 5.41) is 15.8. The molecule has 0 aliphatic rings. The number of aliphatic hydroxyl groups excluding tert-OH is 1. The molecule has 0 unspecified atom stereocenters. The maximum absolute atomic E-state index is 12.3. The Labute approximate surface area is 157 Å². The van der Waals surface area contributed by atoms with E-state index in [-0.39, 0.29) is 5.91 Å². The van der Waals surface area contributed by atoms with E-state index in [9.17, 15) is 14.7 Å². The Hall–Kier alpha value is -2.25. The molecule has 0 aliphatic carbocycles. The molecule has 2 aromatic rings. The first-order valence-corrected chi connectivity index (χ1v) is 9.57. The van der Waals surface area contributed by atoms with Crippen LogP contribution in [0.15, 0.2) is 36.5 Å². The number of benzene rings is 1. The van der Waals surface area contributed by atoms with Crippen molar-refractivity contribution in [3.63, 3.8) is 0 Å². The average Bonchev–Trinajstić information content (AvgIpc) is 3.10. The third kappa shape index (κ3) is 5.12. The Morgan fingerprint density at radius 1 is 1.15 bits per heavy atom. The number of rotatable bonds is 8. The smallest absolute Gasteiger partial charge is 0.254 e. The Bertz CT molecular complexity index is 729. The fraction of sp³-hybridized carbons (Fsp3) is 0.421. The van der Waals surface area contributed by atoms with E-state index in [1.165, 1.54) is 11.3 Å². The average molecular weight is 375 g/mol. The van der Waals surface area contributed by atoms with Crippen LogP contribution in [0.4, 0.5) is 5.13 Å². The standard InChI is InChI=1S/C19H25N3O3S/c1-4-13(5-2)15-11-20-19(26-15)22-17(24)12(3)21-18(25)16(23)14-9-7-6-8-10-14/h6-13,16,23H,4-5H2,1-3H3,(H,21,25)(H,20,22,24)/t12-,16-/m0/s1. The van der Waals surface area contributed by atoms with Crippen LogP contribution >= 0.6 is 11.3 Å². The molecule has 0 fully saturated rings. The zero-order valence-corrected chi connectivity index (χ0v) is 16.0. The van der Waals surface area contributed by atoms with Crippen LogP contribution in [0.25, 0.3) is 0 Å². The zero-order valence-electron chi connectivity index (χ0n) is 15.2. The largest absolute Gasteiger partial charge is 0.378 e. The number of hydrogen-bond acceptors (Lipinski definition) is 5. The molecule has 0 radical (unpaired) electrons. The predicted octanol–water partition coefficient (Wildman–Crippen LogP) is 3.22. The molecule has 2 atom stereocenters. The van der Waals surface area contributed by atoms with E-state index in [1.807, 2.05) is 0 Å². The van der Waals surface area contributed by atoms with Crippen LogP contribution in [0.5, 0.6) is 0 Å².